The molecule has 0 saturated heterocycles. The maximum atomic E-state index is 13.2. The second-order valence-electron chi connectivity index (χ2n) is 7.46. The number of amides is 2. The van der Waals surface area contributed by atoms with Crippen LogP contribution in [0, 0.1) is 5.41 Å². The number of carbonyl (C=O) groups is 3. The lowest BCUT2D eigenvalue weighted by molar-refractivity contribution is -0.140. The van der Waals surface area contributed by atoms with Crippen molar-refractivity contribution in [1.82, 2.24) is 5.32 Å². The van der Waals surface area contributed by atoms with Crippen LogP contribution in [0.5, 0.6) is 0 Å². The SMILES string of the molecule is CCC[C@H](NC(=O)C1(CS(=O)(=O)c2ccccc2)CCCCC1)C(=O)C(N)=O. The molecule has 0 heterocycles. The number of ketones is 1. The number of rotatable bonds is 9. The lowest BCUT2D eigenvalue weighted by Gasteiger charge is -2.36. The summed E-state index contributed by atoms with van der Waals surface area (Å²) < 4.78 is 25.9. The molecule has 1 aromatic carbocycles. The van der Waals surface area contributed by atoms with Crippen molar-refractivity contribution in [1.29, 1.82) is 0 Å². The van der Waals surface area contributed by atoms with Crippen molar-refractivity contribution in [3.8, 4) is 0 Å². The fourth-order valence-electron chi connectivity index (χ4n) is 3.78. The van der Waals surface area contributed by atoms with E-state index in [0.717, 1.165) is 19.3 Å². The molecule has 0 spiro atoms. The first-order chi connectivity index (χ1) is 13.2. The van der Waals surface area contributed by atoms with Gasteiger partial charge in [0.1, 0.15) is 0 Å². The standard InChI is InChI=1S/C20H28N2O5S/c1-2-9-16(17(23)18(21)24)22-19(25)20(12-7-4-8-13-20)14-28(26,27)15-10-5-3-6-11-15/h3,5-6,10-11,16H,2,4,7-9,12-14H2,1H3,(H2,21,24)(H,22,25)/t16-/m0/s1. The summed E-state index contributed by atoms with van der Waals surface area (Å²) in [6.45, 7) is 1.82. The molecule has 154 valence electrons. The van der Waals surface area contributed by atoms with Crippen LogP contribution in [0.1, 0.15) is 51.9 Å². The molecule has 0 radical (unpaired) electrons. The zero-order valence-corrected chi connectivity index (χ0v) is 17.0. The van der Waals surface area contributed by atoms with Crippen molar-refractivity contribution < 1.29 is 22.8 Å². The summed E-state index contributed by atoms with van der Waals surface area (Å²) in [5, 5.41) is 2.63. The minimum Gasteiger partial charge on any atom is -0.363 e. The number of sulfone groups is 1. The van der Waals surface area contributed by atoms with Crippen LogP contribution in [-0.4, -0.2) is 37.8 Å². The van der Waals surface area contributed by atoms with E-state index in [9.17, 15) is 22.8 Å². The molecule has 0 bridgehead atoms. The Labute approximate surface area is 166 Å². The highest BCUT2D eigenvalue weighted by molar-refractivity contribution is 7.91. The number of carbonyl (C=O) groups excluding carboxylic acids is 3. The zero-order valence-electron chi connectivity index (χ0n) is 16.1. The molecule has 8 heteroatoms. The van der Waals surface area contributed by atoms with E-state index >= 15 is 0 Å². The van der Waals surface area contributed by atoms with E-state index in [1.54, 1.807) is 18.2 Å². The second kappa shape index (κ2) is 9.32. The van der Waals surface area contributed by atoms with E-state index in [1.165, 1.54) is 12.1 Å². The number of primary amides is 1. The van der Waals surface area contributed by atoms with Crippen molar-refractivity contribution >= 4 is 27.4 Å². The summed E-state index contributed by atoms with van der Waals surface area (Å²) in [4.78, 5) is 36.7. The Morgan fingerprint density at radius 1 is 1.11 bits per heavy atom. The molecule has 1 fully saturated rings. The van der Waals surface area contributed by atoms with Gasteiger partial charge in [0.25, 0.3) is 5.91 Å². The van der Waals surface area contributed by atoms with Gasteiger partial charge < -0.3 is 11.1 Å². The van der Waals surface area contributed by atoms with Crippen LogP contribution in [0.2, 0.25) is 0 Å². The van der Waals surface area contributed by atoms with E-state index in [-0.39, 0.29) is 17.1 Å². The van der Waals surface area contributed by atoms with E-state index in [2.05, 4.69) is 5.32 Å². The summed E-state index contributed by atoms with van der Waals surface area (Å²) in [5.41, 5.74) is 3.98. The molecule has 1 aliphatic rings. The van der Waals surface area contributed by atoms with Crippen molar-refractivity contribution in [2.24, 2.45) is 11.1 Å². The molecule has 0 unspecified atom stereocenters. The fourth-order valence-corrected chi connectivity index (χ4v) is 5.67. The highest BCUT2D eigenvalue weighted by Gasteiger charge is 2.44. The largest absolute Gasteiger partial charge is 0.363 e. The van der Waals surface area contributed by atoms with Gasteiger partial charge in [0.2, 0.25) is 11.7 Å². The molecule has 1 aromatic rings. The van der Waals surface area contributed by atoms with Gasteiger partial charge in [-0.15, -0.1) is 0 Å². The first-order valence-electron chi connectivity index (χ1n) is 9.64. The van der Waals surface area contributed by atoms with Gasteiger partial charge in [0.15, 0.2) is 9.84 Å². The molecule has 1 atom stereocenters. The molecule has 1 aliphatic carbocycles. The summed E-state index contributed by atoms with van der Waals surface area (Å²) >= 11 is 0. The quantitative estimate of drug-likeness (QED) is 0.603. The van der Waals surface area contributed by atoms with Crippen molar-refractivity contribution in [2.75, 3.05) is 5.75 Å². The van der Waals surface area contributed by atoms with Crippen molar-refractivity contribution in [3.05, 3.63) is 30.3 Å². The Bertz CT molecular complexity index is 814. The van der Waals surface area contributed by atoms with Crippen molar-refractivity contribution in [2.45, 2.75) is 62.8 Å². The fraction of sp³-hybridized carbons (Fsp3) is 0.550. The molecule has 28 heavy (non-hydrogen) atoms. The Hall–Kier alpha value is -2.22. The van der Waals surface area contributed by atoms with Crippen LogP contribution in [-0.2, 0) is 24.2 Å². The predicted octanol–water partition coefficient (Wildman–Crippen LogP) is 1.75. The lowest BCUT2D eigenvalue weighted by atomic mass is 9.74. The van der Waals surface area contributed by atoms with Crippen LogP contribution in [0.4, 0.5) is 0 Å². The summed E-state index contributed by atoms with van der Waals surface area (Å²) in [6, 6.07) is 7.02. The highest BCUT2D eigenvalue weighted by atomic mass is 32.2. The average Bonchev–Trinajstić information content (AvgIpc) is 2.68. The molecule has 7 nitrogen and oxygen atoms in total. The number of hydrogen-bond acceptors (Lipinski definition) is 5. The molecule has 2 rings (SSSR count). The molecule has 0 aromatic heterocycles. The monoisotopic (exact) mass is 408 g/mol. The summed E-state index contributed by atoms with van der Waals surface area (Å²) in [7, 11) is -3.69. The first kappa shape index (κ1) is 22.1. The van der Waals surface area contributed by atoms with E-state index in [4.69, 9.17) is 5.73 Å². The van der Waals surface area contributed by atoms with Gasteiger partial charge in [-0.3, -0.25) is 14.4 Å². The smallest absolute Gasteiger partial charge is 0.287 e. The van der Waals surface area contributed by atoms with Crippen LogP contribution in [0.3, 0.4) is 0 Å². The number of benzene rings is 1. The number of nitrogens with one attached hydrogen (secondary N) is 1. The number of Topliss-reactive ketones (excluding diaryl/α,β-unsaturated/α-hetero) is 1. The van der Waals surface area contributed by atoms with E-state index in [1.807, 2.05) is 6.92 Å². The minimum absolute atomic E-state index is 0.172. The summed E-state index contributed by atoms with van der Waals surface area (Å²) in [5.74, 6) is -2.76. The molecular formula is C20H28N2O5S. The zero-order chi connectivity index (χ0) is 20.8. The first-order valence-corrected chi connectivity index (χ1v) is 11.3. The molecular weight excluding hydrogens is 380 g/mol. The highest BCUT2D eigenvalue weighted by Crippen LogP contribution is 2.39. The van der Waals surface area contributed by atoms with Gasteiger partial charge in [-0.2, -0.15) is 0 Å². The van der Waals surface area contributed by atoms with Crippen LogP contribution >= 0.6 is 0 Å². The van der Waals surface area contributed by atoms with Gasteiger partial charge in [0.05, 0.1) is 22.1 Å². The van der Waals surface area contributed by atoms with Gasteiger partial charge in [-0.25, -0.2) is 8.42 Å². The summed E-state index contributed by atoms with van der Waals surface area (Å²) in [6.07, 6.45) is 4.09. The maximum absolute atomic E-state index is 13.2. The number of nitrogens with two attached hydrogens (primary N) is 1. The average molecular weight is 409 g/mol. The minimum atomic E-state index is -3.69. The van der Waals surface area contributed by atoms with Crippen LogP contribution < -0.4 is 11.1 Å². The third-order valence-electron chi connectivity index (χ3n) is 5.30. The van der Waals surface area contributed by atoms with E-state index < -0.39 is 38.9 Å². The molecule has 2 amide bonds. The van der Waals surface area contributed by atoms with Crippen LogP contribution in [0.25, 0.3) is 0 Å². The number of hydrogen-bond donors (Lipinski definition) is 2. The van der Waals surface area contributed by atoms with Gasteiger partial charge in [-0.1, -0.05) is 50.8 Å². The predicted molar refractivity (Wildman–Crippen MR) is 105 cm³/mol. The topological polar surface area (TPSA) is 123 Å². The third-order valence-corrected chi connectivity index (χ3v) is 7.23. The van der Waals surface area contributed by atoms with Crippen LogP contribution in [0.15, 0.2) is 35.2 Å². The lowest BCUT2D eigenvalue weighted by Crippen LogP contribution is -2.53. The third kappa shape index (κ3) is 5.19. The van der Waals surface area contributed by atoms with Gasteiger partial charge >= 0.3 is 0 Å². The molecule has 0 aliphatic heterocycles. The Morgan fingerprint density at radius 2 is 1.71 bits per heavy atom. The Morgan fingerprint density at radius 3 is 2.25 bits per heavy atom. The maximum Gasteiger partial charge on any atom is 0.287 e. The van der Waals surface area contributed by atoms with Gasteiger partial charge in [-0.05, 0) is 31.4 Å². The Kier molecular flexibility index (Phi) is 7.35. The van der Waals surface area contributed by atoms with Crippen molar-refractivity contribution in [3.63, 3.8) is 0 Å². The molecule has 3 N–H and O–H groups in total. The molecule has 1 saturated carbocycles. The van der Waals surface area contributed by atoms with E-state index in [0.29, 0.717) is 19.3 Å². The van der Waals surface area contributed by atoms with Gasteiger partial charge in [0, 0.05) is 0 Å². The second-order valence-corrected chi connectivity index (χ2v) is 9.45. The Balaban J connectivity index is 2.30. The normalized spacial score (nSPS) is 17.5.